The van der Waals surface area contributed by atoms with Gasteiger partial charge < -0.3 is 10.6 Å². The minimum absolute atomic E-state index is 0.0408. The maximum Gasteiger partial charge on any atom is 0.225 e. The Morgan fingerprint density at radius 3 is 2.94 bits per heavy atom. The summed E-state index contributed by atoms with van der Waals surface area (Å²) < 4.78 is 0.888. The van der Waals surface area contributed by atoms with E-state index in [4.69, 9.17) is 11.6 Å². The fourth-order valence-electron chi connectivity index (χ4n) is 1.18. The van der Waals surface area contributed by atoms with Crippen molar-refractivity contribution in [1.82, 2.24) is 5.32 Å². The molecule has 0 saturated carbocycles. The van der Waals surface area contributed by atoms with Crippen molar-refractivity contribution in [2.24, 2.45) is 0 Å². The number of halogens is 2. The zero-order valence-electron chi connectivity index (χ0n) is 9.02. The van der Waals surface area contributed by atoms with Gasteiger partial charge in [0.2, 0.25) is 5.91 Å². The average molecular weight is 306 g/mol. The van der Waals surface area contributed by atoms with Gasteiger partial charge in [0.05, 0.1) is 10.7 Å². The Bertz CT molecular complexity index is 371. The molecule has 0 aliphatic carbocycles. The van der Waals surface area contributed by atoms with E-state index in [1.807, 2.05) is 13.0 Å². The van der Waals surface area contributed by atoms with Crippen molar-refractivity contribution in [3.8, 4) is 0 Å². The summed E-state index contributed by atoms with van der Waals surface area (Å²) in [7, 11) is 0. The Balaban J connectivity index is 2.52. The summed E-state index contributed by atoms with van der Waals surface area (Å²) in [5.74, 6) is -0.0408. The van der Waals surface area contributed by atoms with E-state index in [9.17, 15) is 4.79 Å². The van der Waals surface area contributed by atoms with E-state index in [0.29, 0.717) is 23.7 Å². The number of hydrogen-bond donors (Lipinski definition) is 2. The predicted molar refractivity (Wildman–Crippen MR) is 70.9 cm³/mol. The molecule has 0 unspecified atom stereocenters. The monoisotopic (exact) mass is 304 g/mol. The van der Waals surface area contributed by atoms with Crippen LogP contribution >= 0.6 is 27.5 Å². The fraction of sp³-hybridized carbons (Fsp3) is 0.364. The Labute approximate surface area is 109 Å². The minimum atomic E-state index is -0.0408. The summed E-state index contributed by atoms with van der Waals surface area (Å²) in [5, 5.41) is 6.40. The van der Waals surface area contributed by atoms with E-state index >= 15 is 0 Å². The highest BCUT2D eigenvalue weighted by atomic mass is 79.9. The van der Waals surface area contributed by atoms with Crippen molar-refractivity contribution in [1.29, 1.82) is 0 Å². The number of rotatable bonds is 5. The molecule has 88 valence electrons. The van der Waals surface area contributed by atoms with Crippen LogP contribution in [0.5, 0.6) is 0 Å². The van der Waals surface area contributed by atoms with Crippen LogP contribution in [0.3, 0.4) is 0 Å². The molecular formula is C11H14BrClN2O. The number of anilines is 1. The zero-order valence-corrected chi connectivity index (χ0v) is 11.4. The summed E-state index contributed by atoms with van der Waals surface area (Å²) >= 11 is 9.28. The second-order valence-electron chi connectivity index (χ2n) is 3.28. The molecule has 0 radical (unpaired) electrons. The SMILES string of the molecule is CCNCCC(=O)Nc1cc(Br)ccc1Cl. The molecule has 0 atom stereocenters. The fourth-order valence-corrected chi connectivity index (χ4v) is 1.71. The Morgan fingerprint density at radius 1 is 1.50 bits per heavy atom. The third-order valence-corrected chi connectivity index (χ3v) is 2.80. The first-order chi connectivity index (χ1) is 7.63. The predicted octanol–water partition coefficient (Wildman–Crippen LogP) is 3.04. The lowest BCUT2D eigenvalue weighted by molar-refractivity contribution is -0.116. The first-order valence-corrected chi connectivity index (χ1v) is 6.26. The molecule has 0 fully saturated rings. The molecule has 1 rings (SSSR count). The van der Waals surface area contributed by atoms with E-state index in [2.05, 4.69) is 26.6 Å². The first-order valence-electron chi connectivity index (χ1n) is 5.09. The summed E-state index contributed by atoms with van der Waals surface area (Å²) in [4.78, 5) is 11.5. The highest BCUT2D eigenvalue weighted by Gasteiger charge is 2.05. The normalized spacial score (nSPS) is 10.2. The minimum Gasteiger partial charge on any atom is -0.325 e. The molecule has 0 saturated heterocycles. The molecule has 1 amide bonds. The summed E-state index contributed by atoms with van der Waals surface area (Å²) in [6, 6.07) is 5.36. The van der Waals surface area contributed by atoms with Gasteiger partial charge >= 0.3 is 0 Å². The first kappa shape index (κ1) is 13.5. The number of carbonyl (C=O) groups excluding carboxylic acids is 1. The molecule has 16 heavy (non-hydrogen) atoms. The smallest absolute Gasteiger partial charge is 0.225 e. The van der Waals surface area contributed by atoms with Gasteiger partial charge in [-0.1, -0.05) is 34.5 Å². The summed E-state index contributed by atoms with van der Waals surface area (Å²) in [6.07, 6.45) is 0.441. The lowest BCUT2D eigenvalue weighted by Crippen LogP contribution is -2.21. The van der Waals surface area contributed by atoms with Crippen molar-refractivity contribution < 1.29 is 4.79 Å². The van der Waals surface area contributed by atoms with Gasteiger partial charge in [-0.2, -0.15) is 0 Å². The van der Waals surface area contributed by atoms with Gasteiger partial charge in [0, 0.05) is 17.4 Å². The van der Waals surface area contributed by atoms with E-state index < -0.39 is 0 Å². The van der Waals surface area contributed by atoms with E-state index in [0.717, 1.165) is 11.0 Å². The largest absolute Gasteiger partial charge is 0.325 e. The summed E-state index contributed by atoms with van der Waals surface area (Å²) in [6.45, 7) is 3.54. The Morgan fingerprint density at radius 2 is 2.25 bits per heavy atom. The van der Waals surface area contributed by atoms with Crippen LogP contribution in [0.25, 0.3) is 0 Å². The molecule has 0 bridgehead atoms. The van der Waals surface area contributed by atoms with Crippen LogP contribution in [0.2, 0.25) is 5.02 Å². The topological polar surface area (TPSA) is 41.1 Å². The third kappa shape index (κ3) is 4.51. The molecule has 2 N–H and O–H groups in total. The molecule has 1 aromatic carbocycles. The number of nitrogens with one attached hydrogen (secondary N) is 2. The number of benzene rings is 1. The highest BCUT2D eigenvalue weighted by molar-refractivity contribution is 9.10. The Kier molecular flexibility index (Phi) is 5.80. The maximum atomic E-state index is 11.5. The second kappa shape index (κ2) is 6.89. The number of amides is 1. The third-order valence-electron chi connectivity index (χ3n) is 1.98. The van der Waals surface area contributed by atoms with Gasteiger partial charge in [-0.05, 0) is 24.7 Å². The van der Waals surface area contributed by atoms with Crippen LogP contribution in [-0.2, 0) is 4.79 Å². The van der Waals surface area contributed by atoms with Crippen molar-refractivity contribution >= 4 is 39.1 Å². The average Bonchev–Trinajstić information content (AvgIpc) is 2.24. The second-order valence-corrected chi connectivity index (χ2v) is 4.60. The maximum absolute atomic E-state index is 11.5. The van der Waals surface area contributed by atoms with E-state index in [1.165, 1.54) is 0 Å². The van der Waals surface area contributed by atoms with Crippen LogP contribution in [-0.4, -0.2) is 19.0 Å². The lowest BCUT2D eigenvalue weighted by atomic mass is 10.3. The van der Waals surface area contributed by atoms with E-state index in [1.54, 1.807) is 12.1 Å². The van der Waals surface area contributed by atoms with Crippen LogP contribution in [0.1, 0.15) is 13.3 Å². The molecule has 0 aliphatic heterocycles. The van der Waals surface area contributed by atoms with Gasteiger partial charge in [-0.3, -0.25) is 4.79 Å². The molecule has 5 heteroatoms. The van der Waals surface area contributed by atoms with Gasteiger partial charge in [0.25, 0.3) is 0 Å². The van der Waals surface area contributed by atoms with Crippen LogP contribution in [0.15, 0.2) is 22.7 Å². The molecule has 3 nitrogen and oxygen atoms in total. The van der Waals surface area contributed by atoms with Crippen molar-refractivity contribution in [2.75, 3.05) is 18.4 Å². The molecule has 0 aromatic heterocycles. The lowest BCUT2D eigenvalue weighted by Gasteiger charge is -2.07. The van der Waals surface area contributed by atoms with Crippen LogP contribution in [0, 0.1) is 0 Å². The zero-order chi connectivity index (χ0) is 12.0. The van der Waals surface area contributed by atoms with Crippen LogP contribution < -0.4 is 10.6 Å². The summed E-state index contributed by atoms with van der Waals surface area (Å²) in [5.41, 5.74) is 0.637. The van der Waals surface area contributed by atoms with Gasteiger partial charge in [0.1, 0.15) is 0 Å². The highest BCUT2D eigenvalue weighted by Crippen LogP contribution is 2.25. The molecule has 0 aliphatic rings. The van der Waals surface area contributed by atoms with E-state index in [-0.39, 0.29) is 5.91 Å². The molecule has 0 heterocycles. The standard InChI is InChI=1S/C11H14BrClN2O/c1-2-14-6-5-11(16)15-10-7-8(12)3-4-9(10)13/h3-4,7,14H,2,5-6H2,1H3,(H,15,16). The molecule has 1 aromatic rings. The van der Waals surface area contributed by atoms with Gasteiger partial charge in [0.15, 0.2) is 0 Å². The van der Waals surface area contributed by atoms with Crippen molar-refractivity contribution in [2.45, 2.75) is 13.3 Å². The van der Waals surface area contributed by atoms with Crippen molar-refractivity contribution in [3.63, 3.8) is 0 Å². The quantitative estimate of drug-likeness (QED) is 0.821. The van der Waals surface area contributed by atoms with Crippen LogP contribution in [0.4, 0.5) is 5.69 Å². The molecular weight excluding hydrogens is 291 g/mol. The Hall–Kier alpha value is -0.580. The van der Waals surface area contributed by atoms with Gasteiger partial charge in [-0.15, -0.1) is 0 Å². The number of hydrogen-bond acceptors (Lipinski definition) is 2. The van der Waals surface area contributed by atoms with Gasteiger partial charge in [-0.25, -0.2) is 0 Å². The number of carbonyl (C=O) groups is 1. The van der Waals surface area contributed by atoms with Crippen molar-refractivity contribution in [3.05, 3.63) is 27.7 Å². The molecule has 0 spiro atoms.